The molecule has 2 rings (SSSR count). The van der Waals surface area contributed by atoms with Crippen molar-refractivity contribution < 1.29 is 19.1 Å². The van der Waals surface area contributed by atoms with Crippen molar-refractivity contribution in [2.45, 2.75) is 52.3 Å². The van der Waals surface area contributed by atoms with Crippen LogP contribution in [0.5, 0.6) is 0 Å². The lowest BCUT2D eigenvalue weighted by atomic mass is 10.0. The predicted octanol–water partition coefficient (Wildman–Crippen LogP) is 4.16. The number of carbonyl (C=O) groups excluding carboxylic acids is 3. The Balaban J connectivity index is 2.45. The van der Waals surface area contributed by atoms with E-state index in [9.17, 15) is 19.6 Å². The standard InChI is InChI=1S/C26H32N4O4S/c1-17-9-8-11-19(15-17)22(23(31)28-20-12-7-6-10-18(20)2)30(14-13-27)24(32)21(16-35)29-25(33)34-26(3,4)5/h6-12,15,21-22,35H,14,16H2,1-5H3,(H,28,31)(H,29,33). The van der Waals surface area contributed by atoms with Gasteiger partial charge in [-0.05, 0) is 51.8 Å². The first-order chi connectivity index (χ1) is 16.5. The van der Waals surface area contributed by atoms with Crippen molar-refractivity contribution in [2.75, 3.05) is 17.6 Å². The highest BCUT2D eigenvalue weighted by Gasteiger charge is 2.36. The number of anilines is 1. The van der Waals surface area contributed by atoms with E-state index in [4.69, 9.17) is 4.74 Å². The van der Waals surface area contributed by atoms with Gasteiger partial charge in [0.15, 0.2) is 0 Å². The molecule has 0 radical (unpaired) electrons. The normalized spacial score (nSPS) is 12.6. The van der Waals surface area contributed by atoms with Gasteiger partial charge < -0.3 is 20.3 Å². The first-order valence-corrected chi connectivity index (χ1v) is 11.8. The molecular weight excluding hydrogens is 464 g/mol. The van der Waals surface area contributed by atoms with Crippen molar-refractivity contribution in [1.29, 1.82) is 5.26 Å². The van der Waals surface area contributed by atoms with Crippen LogP contribution in [0, 0.1) is 25.2 Å². The summed E-state index contributed by atoms with van der Waals surface area (Å²) in [6.07, 6.45) is -0.793. The van der Waals surface area contributed by atoms with Crippen molar-refractivity contribution in [3.8, 4) is 6.07 Å². The molecule has 2 aromatic rings. The summed E-state index contributed by atoms with van der Waals surface area (Å²) >= 11 is 4.22. The Kier molecular flexibility index (Phi) is 9.72. The quantitative estimate of drug-likeness (QED) is 0.375. The fourth-order valence-electron chi connectivity index (χ4n) is 3.44. The number of amides is 3. The zero-order chi connectivity index (χ0) is 26.2. The summed E-state index contributed by atoms with van der Waals surface area (Å²) in [5.74, 6) is -1.16. The fourth-order valence-corrected chi connectivity index (χ4v) is 3.68. The van der Waals surface area contributed by atoms with Gasteiger partial charge in [-0.2, -0.15) is 17.9 Å². The Morgan fingerprint density at radius 2 is 1.80 bits per heavy atom. The minimum Gasteiger partial charge on any atom is -0.444 e. The Hall–Kier alpha value is -3.51. The Bertz CT molecular complexity index is 1110. The first-order valence-electron chi connectivity index (χ1n) is 11.2. The van der Waals surface area contributed by atoms with Gasteiger partial charge in [-0.3, -0.25) is 9.59 Å². The van der Waals surface area contributed by atoms with Crippen LogP contribution in [0.1, 0.15) is 43.5 Å². The van der Waals surface area contributed by atoms with Gasteiger partial charge in [0.25, 0.3) is 5.91 Å². The Morgan fingerprint density at radius 3 is 2.37 bits per heavy atom. The molecule has 0 aliphatic rings. The van der Waals surface area contributed by atoms with Gasteiger partial charge in [0.2, 0.25) is 5.91 Å². The molecule has 9 heteroatoms. The number of nitriles is 1. The summed E-state index contributed by atoms with van der Waals surface area (Å²) in [4.78, 5) is 40.6. The number of para-hydroxylation sites is 1. The molecule has 3 amide bonds. The number of alkyl carbamates (subject to hydrolysis) is 1. The number of nitrogens with zero attached hydrogens (tertiary/aromatic N) is 2. The van der Waals surface area contributed by atoms with Crippen LogP contribution in [0.3, 0.4) is 0 Å². The zero-order valence-electron chi connectivity index (χ0n) is 20.7. The van der Waals surface area contributed by atoms with Crippen LogP contribution in [0.2, 0.25) is 0 Å². The van der Waals surface area contributed by atoms with Crippen LogP contribution in [0.15, 0.2) is 48.5 Å². The average molecular weight is 497 g/mol. The maximum Gasteiger partial charge on any atom is 0.408 e. The molecule has 2 unspecified atom stereocenters. The van der Waals surface area contributed by atoms with E-state index in [-0.39, 0.29) is 12.3 Å². The van der Waals surface area contributed by atoms with Crippen molar-refractivity contribution in [1.82, 2.24) is 10.2 Å². The number of benzene rings is 2. The van der Waals surface area contributed by atoms with Crippen LogP contribution in [0.25, 0.3) is 0 Å². The van der Waals surface area contributed by atoms with E-state index in [2.05, 4.69) is 23.3 Å². The minimum atomic E-state index is -1.12. The molecule has 0 bridgehead atoms. The molecule has 2 atom stereocenters. The predicted molar refractivity (Wildman–Crippen MR) is 138 cm³/mol. The van der Waals surface area contributed by atoms with Crippen LogP contribution in [-0.4, -0.2) is 46.7 Å². The highest BCUT2D eigenvalue weighted by molar-refractivity contribution is 7.80. The van der Waals surface area contributed by atoms with Gasteiger partial charge in [0.1, 0.15) is 24.2 Å². The number of rotatable bonds is 8. The third-order valence-electron chi connectivity index (χ3n) is 5.02. The van der Waals surface area contributed by atoms with Gasteiger partial charge >= 0.3 is 6.09 Å². The molecule has 2 aromatic carbocycles. The third kappa shape index (κ3) is 8.04. The van der Waals surface area contributed by atoms with Crippen molar-refractivity contribution in [2.24, 2.45) is 0 Å². The highest BCUT2D eigenvalue weighted by Crippen LogP contribution is 2.26. The van der Waals surface area contributed by atoms with E-state index >= 15 is 0 Å². The molecule has 0 aromatic heterocycles. The molecule has 0 aliphatic heterocycles. The number of hydrogen-bond acceptors (Lipinski definition) is 6. The number of aryl methyl sites for hydroxylation is 2. The summed E-state index contributed by atoms with van der Waals surface area (Å²) in [5, 5.41) is 14.9. The molecule has 0 saturated heterocycles. The number of hydrogen-bond donors (Lipinski definition) is 3. The molecule has 0 spiro atoms. The zero-order valence-corrected chi connectivity index (χ0v) is 21.6. The lowest BCUT2D eigenvalue weighted by Gasteiger charge is -2.32. The van der Waals surface area contributed by atoms with Crippen molar-refractivity contribution in [3.63, 3.8) is 0 Å². The summed E-state index contributed by atoms with van der Waals surface area (Å²) in [6.45, 7) is 8.47. The lowest BCUT2D eigenvalue weighted by molar-refractivity contribution is -0.139. The van der Waals surface area contributed by atoms with Gasteiger partial charge in [-0.25, -0.2) is 4.79 Å². The van der Waals surface area contributed by atoms with Gasteiger partial charge in [0, 0.05) is 11.4 Å². The lowest BCUT2D eigenvalue weighted by Crippen LogP contribution is -2.53. The summed E-state index contributed by atoms with van der Waals surface area (Å²) in [6, 6.07) is 14.2. The largest absolute Gasteiger partial charge is 0.444 e. The molecule has 0 fully saturated rings. The average Bonchev–Trinajstić information content (AvgIpc) is 2.77. The maximum atomic E-state index is 13.6. The molecule has 2 N–H and O–H groups in total. The molecule has 0 heterocycles. The van der Waals surface area contributed by atoms with Crippen LogP contribution >= 0.6 is 12.6 Å². The molecule has 0 aliphatic carbocycles. The van der Waals surface area contributed by atoms with Gasteiger partial charge in [-0.15, -0.1) is 0 Å². The van der Waals surface area contributed by atoms with E-state index in [1.165, 1.54) is 0 Å². The first kappa shape index (κ1) is 27.7. The highest BCUT2D eigenvalue weighted by atomic mass is 32.1. The number of ether oxygens (including phenoxy) is 1. The van der Waals surface area contributed by atoms with E-state index in [1.54, 1.807) is 51.1 Å². The summed E-state index contributed by atoms with van der Waals surface area (Å²) in [5.41, 5.74) is 2.10. The second-order valence-electron chi connectivity index (χ2n) is 9.13. The van der Waals surface area contributed by atoms with E-state index in [0.29, 0.717) is 11.3 Å². The van der Waals surface area contributed by atoms with E-state index in [1.807, 2.05) is 38.1 Å². The smallest absolute Gasteiger partial charge is 0.408 e. The second kappa shape index (κ2) is 12.3. The molecule has 35 heavy (non-hydrogen) atoms. The van der Waals surface area contributed by atoms with Crippen LogP contribution in [-0.2, 0) is 14.3 Å². The monoisotopic (exact) mass is 496 g/mol. The molecule has 0 saturated carbocycles. The van der Waals surface area contributed by atoms with Crippen LogP contribution < -0.4 is 10.6 Å². The number of nitrogens with one attached hydrogen (secondary N) is 2. The van der Waals surface area contributed by atoms with E-state index < -0.39 is 35.6 Å². The van der Waals surface area contributed by atoms with Gasteiger partial charge in [0.05, 0.1) is 6.07 Å². The number of thiol groups is 1. The fraction of sp³-hybridized carbons (Fsp3) is 0.385. The molecule has 186 valence electrons. The maximum absolute atomic E-state index is 13.6. The van der Waals surface area contributed by atoms with Crippen molar-refractivity contribution >= 4 is 36.2 Å². The molecular formula is C26H32N4O4S. The summed E-state index contributed by atoms with van der Waals surface area (Å²) < 4.78 is 5.26. The summed E-state index contributed by atoms with van der Waals surface area (Å²) in [7, 11) is 0. The molecule has 8 nitrogen and oxygen atoms in total. The van der Waals surface area contributed by atoms with Crippen molar-refractivity contribution in [3.05, 3.63) is 65.2 Å². The van der Waals surface area contributed by atoms with E-state index in [0.717, 1.165) is 16.0 Å². The van der Waals surface area contributed by atoms with Crippen LogP contribution in [0.4, 0.5) is 10.5 Å². The Morgan fingerprint density at radius 1 is 1.11 bits per heavy atom. The topological polar surface area (TPSA) is 112 Å². The second-order valence-corrected chi connectivity index (χ2v) is 9.49. The third-order valence-corrected chi connectivity index (χ3v) is 5.38. The van der Waals surface area contributed by atoms with Gasteiger partial charge in [-0.1, -0.05) is 48.0 Å². The Labute approximate surface area is 212 Å². The number of carbonyl (C=O) groups is 3. The minimum absolute atomic E-state index is 0.0556. The SMILES string of the molecule is Cc1cccc(C(C(=O)Nc2ccccc2C)N(CC#N)C(=O)C(CS)NC(=O)OC(C)(C)C)c1.